The summed E-state index contributed by atoms with van der Waals surface area (Å²) < 4.78 is 23.0. The van der Waals surface area contributed by atoms with Gasteiger partial charge in [0.2, 0.25) is 5.91 Å². The summed E-state index contributed by atoms with van der Waals surface area (Å²) in [7, 11) is -3.09. The first-order valence-electron chi connectivity index (χ1n) is 6.69. The highest BCUT2D eigenvalue weighted by atomic mass is 32.2. The van der Waals surface area contributed by atoms with Crippen LogP contribution in [0.4, 0.5) is 0 Å². The first kappa shape index (κ1) is 15.0. The van der Waals surface area contributed by atoms with Crippen LogP contribution in [-0.2, 0) is 19.4 Å². The third kappa shape index (κ3) is 3.36. The molecule has 0 radical (unpaired) electrons. The zero-order valence-corrected chi connectivity index (χ0v) is 12.4. The third-order valence-corrected chi connectivity index (χ3v) is 5.05. The van der Waals surface area contributed by atoms with Gasteiger partial charge in [0.15, 0.2) is 9.84 Å². The van der Waals surface area contributed by atoms with Crippen LogP contribution in [0.1, 0.15) is 33.1 Å². The molecule has 0 bridgehead atoms. The molecule has 112 valence electrons. The highest BCUT2D eigenvalue weighted by Gasteiger charge is 2.37. The lowest BCUT2D eigenvalue weighted by molar-refractivity contribution is -0.133. The predicted molar refractivity (Wildman–Crippen MR) is 73.9 cm³/mol. The molecule has 0 saturated carbocycles. The van der Waals surface area contributed by atoms with Crippen molar-refractivity contribution in [1.82, 2.24) is 10.3 Å². The molecule has 2 aliphatic rings. The summed E-state index contributed by atoms with van der Waals surface area (Å²) in [4.78, 5) is 23.8. The minimum absolute atomic E-state index is 0.0110. The number of hydrogen-bond donors (Lipinski definition) is 1. The van der Waals surface area contributed by atoms with E-state index in [1.54, 1.807) is 0 Å². The second-order valence-electron chi connectivity index (χ2n) is 5.47. The van der Waals surface area contributed by atoms with Gasteiger partial charge < -0.3 is 5.32 Å². The summed E-state index contributed by atoms with van der Waals surface area (Å²) in [6.07, 6.45) is 0.880. The van der Waals surface area contributed by atoms with E-state index in [1.807, 2.05) is 13.8 Å². The number of hydrazone groups is 1. The molecule has 0 aromatic heterocycles. The van der Waals surface area contributed by atoms with Gasteiger partial charge in [-0.05, 0) is 20.3 Å². The fraction of sp³-hybridized carbons (Fsp3) is 0.750. The molecule has 1 atom stereocenters. The second-order valence-corrected chi connectivity index (χ2v) is 7.70. The van der Waals surface area contributed by atoms with E-state index in [9.17, 15) is 18.0 Å². The molecule has 1 N–H and O–H groups in total. The van der Waals surface area contributed by atoms with Crippen molar-refractivity contribution in [3.8, 4) is 0 Å². The van der Waals surface area contributed by atoms with Crippen LogP contribution in [0.15, 0.2) is 5.10 Å². The Morgan fingerprint density at radius 3 is 2.65 bits per heavy atom. The van der Waals surface area contributed by atoms with E-state index in [1.165, 1.54) is 5.01 Å². The van der Waals surface area contributed by atoms with E-state index in [4.69, 9.17) is 0 Å². The van der Waals surface area contributed by atoms with E-state index in [0.717, 1.165) is 0 Å². The van der Waals surface area contributed by atoms with Crippen LogP contribution in [0.2, 0.25) is 0 Å². The maximum absolute atomic E-state index is 11.9. The molecule has 0 unspecified atom stereocenters. The SMILES string of the molecule is CC(C)NC(=O)C1=NN([C@H]2CCS(=O)(=O)C2)C(=O)CC1. The van der Waals surface area contributed by atoms with Gasteiger partial charge in [0.1, 0.15) is 5.71 Å². The topological polar surface area (TPSA) is 95.9 Å². The monoisotopic (exact) mass is 301 g/mol. The Morgan fingerprint density at radius 1 is 1.40 bits per heavy atom. The highest BCUT2D eigenvalue weighted by molar-refractivity contribution is 7.91. The molecule has 0 aromatic carbocycles. The summed E-state index contributed by atoms with van der Waals surface area (Å²) in [6, 6.07) is -0.446. The van der Waals surface area contributed by atoms with Gasteiger partial charge in [-0.1, -0.05) is 0 Å². The third-order valence-electron chi connectivity index (χ3n) is 3.30. The summed E-state index contributed by atoms with van der Waals surface area (Å²) in [6.45, 7) is 3.68. The second kappa shape index (κ2) is 5.51. The van der Waals surface area contributed by atoms with Crippen LogP contribution < -0.4 is 5.32 Å². The van der Waals surface area contributed by atoms with Gasteiger partial charge in [0.05, 0.1) is 17.5 Å². The molecular weight excluding hydrogens is 282 g/mol. The Morgan fingerprint density at radius 2 is 2.10 bits per heavy atom. The van der Waals surface area contributed by atoms with Crippen molar-refractivity contribution in [2.45, 2.75) is 45.2 Å². The molecule has 1 fully saturated rings. The maximum atomic E-state index is 11.9. The number of nitrogens with one attached hydrogen (secondary N) is 1. The summed E-state index contributed by atoms with van der Waals surface area (Å²) >= 11 is 0. The smallest absolute Gasteiger partial charge is 0.267 e. The number of nitrogens with zero attached hydrogens (tertiary/aromatic N) is 2. The molecule has 8 heteroatoms. The zero-order valence-electron chi connectivity index (χ0n) is 11.6. The summed E-state index contributed by atoms with van der Waals surface area (Å²) in [5.41, 5.74) is 0.294. The van der Waals surface area contributed by atoms with Gasteiger partial charge in [-0.2, -0.15) is 5.10 Å². The first-order valence-corrected chi connectivity index (χ1v) is 8.51. The molecule has 7 nitrogen and oxygen atoms in total. The van der Waals surface area contributed by atoms with Gasteiger partial charge in [0, 0.05) is 18.9 Å². The van der Waals surface area contributed by atoms with Crippen molar-refractivity contribution < 1.29 is 18.0 Å². The molecule has 0 aromatic rings. The standard InChI is InChI=1S/C12H19N3O4S/c1-8(2)13-12(17)10-3-4-11(16)15(14-10)9-5-6-20(18,19)7-9/h8-9H,3-7H2,1-2H3,(H,13,17)/t9-/m0/s1. The minimum atomic E-state index is -3.09. The van der Waals surface area contributed by atoms with E-state index in [-0.39, 0.29) is 35.8 Å². The quantitative estimate of drug-likeness (QED) is 0.772. The van der Waals surface area contributed by atoms with Crippen LogP contribution in [0.25, 0.3) is 0 Å². The van der Waals surface area contributed by atoms with Crippen LogP contribution in [-0.4, -0.2) is 54.5 Å². The van der Waals surface area contributed by atoms with Crippen LogP contribution in [0.5, 0.6) is 0 Å². The van der Waals surface area contributed by atoms with Crippen LogP contribution in [0.3, 0.4) is 0 Å². The number of sulfone groups is 1. The van der Waals surface area contributed by atoms with Crippen LogP contribution in [0, 0.1) is 0 Å². The molecule has 20 heavy (non-hydrogen) atoms. The predicted octanol–water partition coefficient (Wildman–Crippen LogP) is -0.323. The van der Waals surface area contributed by atoms with Gasteiger partial charge in [-0.3, -0.25) is 9.59 Å². The average molecular weight is 301 g/mol. The minimum Gasteiger partial charge on any atom is -0.349 e. The number of hydrogen-bond acceptors (Lipinski definition) is 5. The molecule has 0 spiro atoms. The van der Waals surface area contributed by atoms with E-state index < -0.39 is 15.9 Å². The van der Waals surface area contributed by atoms with Gasteiger partial charge in [0.25, 0.3) is 5.91 Å². The maximum Gasteiger partial charge on any atom is 0.267 e. The number of rotatable bonds is 3. The molecule has 1 saturated heterocycles. The average Bonchev–Trinajstić information content (AvgIpc) is 2.69. The lowest BCUT2D eigenvalue weighted by Crippen LogP contribution is -2.45. The molecular formula is C12H19N3O4S. The Kier molecular flexibility index (Phi) is 4.12. The Balaban J connectivity index is 2.15. The van der Waals surface area contributed by atoms with E-state index in [2.05, 4.69) is 10.4 Å². The fourth-order valence-electron chi connectivity index (χ4n) is 2.33. The lowest BCUT2D eigenvalue weighted by Gasteiger charge is -2.27. The number of amides is 2. The zero-order chi connectivity index (χ0) is 14.9. The van der Waals surface area contributed by atoms with Gasteiger partial charge >= 0.3 is 0 Å². The van der Waals surface area contributed by atoms with Crippen LogP contribution >= 0.6 is 0 Å². The van der Waals surface area contributed by atoms with Crippen molar-refractivity contribution in [2.24, 2.45) is 5.10 Å². The molecule has 2 rings (SSSR count). The summed E-state index contributed by atoms with van der Waals surface area (Å²) in [5.74, 6) is -0.502. The normalized spacial score (nSPS) is 25.8. The highest BCUT2D eigenvalue weighted by Crippen LogP contribution is 2.22. The van der Waals surface area contributed by atoms with Crippen molar-refractivity contribution in [3.63, 3.8) is 0 Å². The Labute approximate surface area is 118 Å². The Bertz CT molecular complexity index is 553. The van der Waals surface area contributed by atoms with Gasteiger partial charge in [-0.25, -0.2) is 13.4 Å². The Hall–Kier alpha value is -1.44. The molecule has 0 aliphatic carbocycles. The number of carbonyl (C=O) groups is 2. The lowest BCUT2D eigenvalue weighted by atomic mass is 10.1. The number of carbonyl (C=O) groups excluding carboxylic acids is 2. The fourth-order valence-corrected chi connectivity index (χ4v) is 4.03. The largest absolute Gasteiger partial charge is 0.349 e. The molecule has 2 aliphatic heterocycles. The van der Waals surface area contributed by atoms with Crippen molar-refractivity contribution in [3.05, 3.63) is 0 Å². The van der Waals surface area contributed by atoms with Gasteiger partial charge in [-0.15, -0.1) is 0 Å². The molecule has 2 amide bonds. The van der Waals surface area contributed by atoms with Crippen molar-refractivity contribution in [2.75, 3.05) is 11.5 Å². The van der Waals surface area contributed by atoms with E-state index in [0.29, 0.717) is 18.6 Å². The molecule has 2 heterocycles. The van der Waals surface area contributed by atoms with Crippen molar-refractivity contribution >= 4 is 27.4 Å². The summed E-state index contributed by atoms with van der Waals surface area (Å²) in [5, 5.41) is 8.01. The van der Waals surface area contributed by atoms with Crippen molar-refractivity contribution in [1.29, 1.82) is 0 Å². The first-order chi connectivity index (χ1) is 9.28. The van der Waals surface area contributed by atoms with E-state index >= 15 is 0 Å².